The van der Waals surface area contributed by atoms with Gasteiger partial charge < -0.3 is 9.73 Å². The molecule has 0 spiro atoms. The number of nitrogens with one attached hydrogen (secondary N) is 2. The van der Waals surface area contributed by atoms with Crippen LogP contribution in [0.2, 0.25) is 0 Å². The van der Waals surface area contributed by atoms with E-state index in [9.17, 15) is 32.9 Å². The molecule has 3 aromatic rings. The number of non-ortho nitro benzene ring substituents is 1. The molecule has 0 radical (unpaired) electrons. The van der Waals surface area contributed by atoms with Gasteiger partial charge in [-0.3, -0.25) is 19.7 Å². The summed E-state index contributed by atoms with van der Waals surface area (Å²) in [5.74, 6) is -1.81. The summed E-state index contributed by atoms with van der Waals surface area (Å²) in [5.41, 5.74) is 1.92. The van der Waals surface area contributed by atoms with Gasteiger partial charge in [-0.2, -0.15) is 18.3 Å². The van der Waals surface area contributed by atoms with Crippen LogP contribution in [0.5, 0.6) is 0 Å². The predicted octanol–water partition coefficient (Wildman–Crippen LogP) is 4.27. The molecule has 0 saturated carbocycles. The number of hydrogen-bond donors (Lipinski definition) is 2. The zero-order valence-corrected chi connectivity index (χ0v) is 16.8. The number of amides is 2. The Balaban J connectivity index is 1.61. The first kappa shape index (κ1) is 23.2. The highest BCUT2D eigenvalue weighted by Crippen LogP contribution is 2.31. The third-order valence-electron chi connectivity index (χ3n) is 4.32. The highest BCUT2D eigenvalue weighted by molar-refractivity contribution is 6.39. The van der Waals surface area contributed by atoms with Crippen molar-refractivity contribution in [3.05, 3.63) is 81.6 Å². The van der Waals surface area contributed by atoms with Crippen LogP contribution in [0.15, 0.2) is 64.1 Å². The van der Waals surface area contributed by atoms with Gasteiger partial charge in [-0.25, -0.2) is 5.43 Å². The standard InChI is InChI=1S/C21H15F3N4O5/c1-12-9-15(28(31)32)5-7-17(12)18-8-6-16(33-18)11-25-27-20(30)19(29)26-14-4-2-3-13(10-14)21(22,23)24/h2-11H,1H3,(H,26,29)(H,27,30)/b25-11+. The van der Waals surface area contributed by atoms with Crippen LogP contribution in [0, 0.1) is 17.0 Å². The molecular formula is C21H15F3N4O5. The summed E-state index contributed by atoms with van der Waals surface area (Å²) in [7, 11) is 0. The quantitative estimate of drug-likeness (QED) is 0.254. The van der Waals surface area contributed by atoms with Crippen molar-refractivity contribution >= 4 is 29.4 Å². The molecule has 9 nitrogen and oxygen atoms in total. The monoisotopic (exact) mass is 460 g/mol. The van der Waals surface area contributed by atoms with Crippen LogP contribution in [0.1, 0.15) is 16.9 Å². The van der Waals surface area contributed by atoms with Gasteiger partial charge in [-0.1, -0.05) is 6.07 Å². The molecule has 12 heteroatoms. The zero-order valence-electron chi connectivity index (χ0n) is 16.8. The van der Waals surface area contributed by atoms with E-state index in [0.29, 0.717) is 23.0 Å². The maximum atomic E-state index is 12.7. The van der Waals surface area contributed by atoms with Crippen molar-refractivity contribution in [3.8, 4) is 11.3 Å². The van der Waals surface area contributed by atoms with Gasteiger partial charge in [-0.15, -0.1) is 0 Å². The van der Waals surface area contributed by atoms with Gasteiger partial charge in [0.1, 0.15) is 11.5 Å². The summed E-state index contributed by atoms with van der Waals surface area (Å²) in [6.07, 6.45) is -3.48. The second-order valence-electron chi connectivity index (χ2n) is 6.69. The minimum atomic E-state index is -4.60. The molecule has 1 aromatic heterocycles. The second-order valence-corrected chi connectivity index (χ2v) is 6.69. The zero-order chi connectivity index (χ0) is 24.2. The van der Waals surface area contributed by atoms with E-state index in [1.54, 1.807) is 13.0 Å². The summed E-state index contributed by atoms with van der Waals surface area (Å²) in [6.45, 7) is 1.68. The number of nitro benzene ring substituents is 1. The topological polar surface area (TPSA) is 127 Å². The molecule has 1 heterocycles. The number of alkyl halides is 3. The first-order chi connectivity index (χ1) is 15.5. The fourth-order valence-corrected chi connectivity index (χ4v) is 2.77. The number of rotatable bonds is 5. The molecule has 2 amide bonds. The molecule has 0 aliphatic carbocycles. The molecule has 33 heavy (non-hydrogen) atoms. The van der Waals surface area contributed by atoms with Crippen LogP contribution in [0.4, 0.5) is 24.5 Å². The Kier molecular flexibility index (Phi) is 6.56. The molecule has 0 saturated heterocycles. The number of hydrogen-bond acceptors (Lipinski definition) is 6. The summed E-state index contributed by atoms with van der Waals surface area (Å²) in [6, 6.07) is 11.2. The van der Waals surface area contributed by atoms with Crippen molar-refractivity contribution in [1.82, 2.24) is 5.43 Å². The Bertz CT molecular complexity index is 1250. The Hall–Kier alpha value is -4.48. The Labute approximate surface area is 184 Å². The normalized spacial score (nSPS) is 11.4. The van der Waals surface area contributed by atoms with Crippen molar-refractivity contribution in [2.45, 2.75) is 13.1 Å². The van der Waals surface area contributed by atoms with Crippen LogP contribution in [-0.2, 0) is 15.8 Å². The lowest BCUT2D eigenvalue weighted by molar-refractivity contribution is -0.384. The third kappa shape index (κ3) is 5.81. The molecular weight excluding hydrogens is 445 g/mol. The van der Waals surface area contributed by atoms with Gasteiger partial charge in [0.25, 0.3) is 5.69 Å². The van der Waals surface area contributed by atoms with E-state index >= 15 is 0 Å². The van der Waals surface area contributed by atoms with Crippen LogP contribution >= 0.6 is 0 Å². The van der Waals surface area contributed by atoms with Crippen LogP contribution in [0.3, 0.4) is 0 Å². The largest absolute Gasteiger partial charge is 0.455 e. The molecule has 0 fully saturated rings. The summed E-state index contributed by atoms with van der Waals surface area (Å²) in [5, 5.41) is 16.5. The first-order valence-electron chi connectivity index (χ1n) is 9.21. The average Bonchev–Trinajstić information content (AvgIpc) is 3.21. The molecule has 2 N–H and O–H groups in total. The van der Waals surface area contributed by atoms with E-state index in [-0.39, 0.29) is 17.1 Å². The van der Waals surface area contributed by atoms with Crippen molar-refractivity contribution in [2.75, 3.05) is 5.32 Å². The molecule has 0 atom stereocenters. The van der Waals surface area contributed by atoms with Gasteiger partial charge in [0.15, 0.2) is 0 Å². The van der Waals surface area contributed by atoms with Crippen LogP contribution < -0.4 is 10.7 Å². The number of carbonyl (C=O) groups excluding carboxylic acids is 2. The van der Waals surface area contributed by atoms with Gasteiger partial charge >= 0.3 is 18.0 Å². The van der Waals surface area contributed by atoms with Crippen molar-refractivity contribution in [2.24, 2.45) is 5.10 Å². The molecule has 0 aliphatic rings. The number of anilines is 1. The van der Waals surface area contributed by atoms with Gasteiger partial charge in [0.05, 0.1) is 16.7 Å². The SMILES string of the molecule is Cc1cc([N+](=O)[O-])ccc1-c1ccc(/C=N/NC(=O)C(=O)Nc2cccc(C(F)(F)F)c2)o1. The first-order valence-corrected chi connectivity index (χ1v) is 9.21. The Morgan fingerprint density at radius 3 is 2.52 bits per heavy atom. The highest BCUT2D eigenvalue weighted by atomic mass is 19.4. The van der Waals surface area contributed by atoms with Gasteiger partial charge in [0.2, 0.25) is 0 Å². The molecule has 2 aromatic carbocycles. The van der Waals surface area contributed by atoms with Crippen molar-refractivity contribution in [1.29, 1.82) is 0 Å². The summed E-state index contributed by atoms with van der Waals surface area (Å²) >= 11 is 0. The number of carbonyl (C=O) groups is 2. The van der Waals surface area contributed by atoms with Crippen LogP contribution in [-0.4, -0.2) is 23.0 Å². The molecule has 3 rings (SSSR count). The molecule has 170 valence electrons. The lowest BCUT2D eigenvalue weighted by Crippen LogP contribution is -2.32. The number of hydrazone groups is 1. The Morgan fingerprint density at radius 1 is 1.09 bits per heavy atom. The highest BCUT2D eigenvalue weighted by Gasteiger charge is 2.30. The minimum absolute atomic E-state index is 0.0595. The number of nitro groups is 1. The lowest BCUT2D eigenvalue weighted by atomic mass is 10.1. The fourth-order valence-electron chi connectivity index (χ4n) is 2.77. The van der Waals surface area contributed by atoms with Crippen molar-refractivity contribution < 1.29 is 32.1 Å². The third-order valence-corrected chi connectivity index (χ3v) is 4.32. The summed E-state index contributed by atoms with van der Waals surface area (Å²) in [4.78, 5) is 34.0. The van der Waals surface area contributed by atoms with Crippen molar-refractivity contribution in [3.63, 3.8) is 0 Å². The predicted molar refractivity (Wildman–Crippen MR) is 111 cm³/mol. The lowest BCUT2D eigenvalue weighted by Gasteiger charge is -2.09. The number of halogens is 3. The minimum Gasteiger partial charge on any atom is -0.455 e. The maximum Gasteiger partial charge on any atom is 0.416 e. The van der Waals surface area contributed by atoms with E-state index in [2.05, 4.69) is 10.4 Å². The van der Waals surface area contributed by atoms with Gasteiger partial charge in [-0.05, 0) is 48.9 Å². The van der Waals surface area contributed by atoms with E-state index in [1.807, 2.05) is 5.43 Å². The van der Waals surface area contributed by atoms with E-state index in [4.69, 9.17) is 4.42 Å². The van der Waals surface area contributed by atoms with E-state index < -0.39 is 28.5 Å². The summed E-state index contributed by atoms with van der Waals surface area (Å²) < 4.78 is 43.7. The number of furan rings is 1. The number of benzene rings is 2. The molecule has 0 bridgehead atoms. The van der Waals surface area contributed by atoms with Gasteiger partial charge in [0, 0.05) is 23.4 Å². The number of aryl methyl sites for hydroxylation is 1. The Morgan fingerprint density at radius 2 is 1.85 bits per heavy atom. The van der Waals surface area contributed by atoms with Crippen LogP contribution in [0.25, 0.3) is 11.3 Å². The second kappa shape index (κ2) is 9.34. The fraction of sp³-hybridized carbons (Fsp3) is 0.0952. The molecule has 0 unspecified atom stereocenters. The van der Waals surface area contributed by atoms with E-state index in [1.165, 1.54) is 30.3 Å². The number of nitrogens with zero attached hydrogens (tertiary/aromatic N) is 2. The van der Waals surface area contributed by atoms with E-state index in [0.717, 1.165) is 18.3 Å². The average molecular weight is 460 g/mol. The smallest absolute Gasteiger partial charge is 0.416 e. The maximum absolute atomic E-state index is 12.7. The molecule has 0 aliphatic heterocycles.